The minimum absolute atomic E-state index is 0.239. The zero-order chi connectivity index (χ0) is 13.2. The van der Waals surface area contributed by atoms with Crippen LogP contribution in [0.5, 0.6) is 0 Å². The van der Waals surface area contributed by atoms with E-state index in [4.69, 9.17) is 11.6 Å². The molecule has 3 aromatic heterocycles. The van der Waals surface area contributed by atoms with E-state index in [1.165, 1.54) is 0 Å². The summed E-state index contributed by atoms with van der Waals surface area (Å²) < 4.78 is 1.87. The molecular formula is C12H11ClN4S2. The van der Waals surface area contributed by atoms with Crippen LogP contribution in [0.2, 0.25) is 5.02 Å². The molecule has 4 nitrogen and oxygen atoms in total. The summed E-state index contributed by atoms with van der Waals surface area (Å²) in [6.45, 7) is 2.10. The molecule has 0 amide bonds. The summed E-state index contributed by atoms with van der Waals surface area (Å²) in [5, 5.41) is 11.0. The normalized spacial score (nSPS) is 12.7. The van der Waals surface area contributed by atoms with Crippen molar-refractivity contribution in [1.29, 1.82) is 0 Å². The topological polar surface area (TPSA) is 43.6 Å². The first-order valence-corrected chi connectivity index (χ1v) is 7.90. The van der Waals surface area contributed by atoms with Gasteiger partial charge >= 0.3 is 0 Å². The van der Waals surface area contributed by atoms with Gasteiger partial charge in [-0.1, -0.05) is 11.6 Å². The van der Waals surface area contributed by atoms with Gasteiger partial charge in [0.15, 0.2) is 0 Å². The van der Waals surface area contributed by atoms with E-state index in [0.29, 0.717) is 5.02 Å². The van der Waals surface area contributed by atoms with Gasteiger partial charge in [-0.05, 0) is 6.92 Å². The van der Waals surface area contributed by atoms with Gasteiger partial charge in [0.1, 0.15) is 10.7 Å². The van der Waals surface area contributed by atoms with E-state index in [2.05, 4.69) is 27.4 Å². The third-order valence-corrected chi connectivity index (χ3v) is 4.56. The Labute approximate surface area is 123 Å². The van der Waals surface area contributed by atoms with Gasteiger partial charge in [-0.15, -0.1) is 22.7 Å². The second-order valence-corrected chi connectivity index (χ2v) is 6.43. The van der Waals surface area contributed by atoms with Crippen molar-refractivity contribution >= 4 is 34.3 Å². The number of rotatable bonds is 4. The van der Waals surface area contributed by atoms with Crippen molar-refractivity contribution in [3.8, 4) is 10.7 Å². The van der Waals surface area contributed by atoms with Crippen LogP contribution in [0.1, 0.15) is 18.0 Å². The summed E-state index contributed by atoms with van der Waals surface area (Å²) in [5.74, 6) is 0. The van der Waals surface area contributed by atoms with Crippen LogP contribution in [0.15, 0.2) is 29.4 Å². The summed E-state index contributed by atoms with van der Waals surface area (Å²) in [6.07, 6.45) is 6.13. The molecule has 0 N–H and O–H groups in total. The molecule has 0 aliphatic heterocycles. The van der Waals surface area contributed by atoms with Gasteiger partial charge in [0.25, 0.3) is 0 Å². The molecule has 0 saturated carbocycles. The highest BCUT2D eigenvalue weighted by Gasteiger charge is 2.12. The van der Waals surface area contributed by atoms with Gasteiger partial charge in [0.05, 0.1) is 22.3 Å². The number of thiazole rings is 2. The highest BCUT2D eigenvalue weighted by atomic mass is 35.5. The second kappa shape index (κ2) is 5.40. The van der Waals surface area contributed by atoms with Gasteiger partial charge in [-0.25, -0.2) is 9.97 Å². The Morgan fingerprint density at radius 3 is 3.00 bits per heavy atom. The van der Waals surface area contributed by atoms with E-state index in [9.17, 15) is 0 Å². The Balaban J connectivity index is 1.74. The van der Waals surface area contributed by atoms with E-state index in [1.54, 1.807) is 35.1 Å². The Hall–Kier alpha value is -1.24. The maximum atomic E-state index is 5.88. The first kappa shape index (κ1) is 12.8. The lowest BCUT2D eigenvalue weighted by Gasteiger charge is -2.09. The molecule has 0 radical (unpaired) electrons. The lowest BCUT2D eigenvalue weighted by atomic mass is 10.2. The monoisotopic (exact) mass is 310 g/mol. The van der Waals surface area contributed by atoms with Gasteiger partial charge < -0.3 is 0 Å². The molecule has 3 heterocycles. The number of nitrogens with zero attached hydrogens (tertiary/aromatic N) is 4. The maximum Gasteiger partial charge on any atom is 0.142 e. The van der Waals surface area contributed by atoms with Crippen LogP contribution >= 0.6 is 34.3 Å². The Morgan fingerprint density at radius 2 is 2.32 bits per heavy atom. The van der Waals surface area contributed by atoms with E-state index in [1.807, 2.05) is 16.3 Å². The van der Waals surface area contributed by atoms with Crippen molar-refractivity contribution in [2.75, 3.05) is 0 Å². The molecule has 1 atom stereocenters. The predicted molar refractivity (Wildman–Crippen MR) is 78.9 cm³/mol. The van der Waals surface area contributed by atoms with Crippen LogP contribution < -0.4 is 0 Å². The first-order valence-electron chi connectivity index (χ1n) is 5.76. The van der Waals surface area contributed by atoms with Gasteiger partial charge in [0, 0.05) is 29.6 Å². The molecule has 19 heavy (non-hydrogen) atoms. The fraction of sp³-hybridized carbons (Fsp3) is 0.250. The first-order chi connectivity index (χ1) is 9.22. The van der Waals surface area contributed by atoms with Crippen LogP contribution in [0, 0.1) is 0 Å². The molecule has 0 aromatic carbocycles. The molecule has 0 fully saturated rings. The minimum Gasteiger partial charge on any atom is -0.268 e. The molecule has 3 aromatic rings. The molecule has 0 aliphatic rings. The number of aromatic nitrogens is 4. The SMILES string of the molecule is C[C@H](Cc1nc(-c2nccs2)cs1)n1cc(Cl)cn1. The zero-order valence-electron chi connectivity index (χ0n) is 10.2. The minimum atomic E-state index is 0.239. The molecule has 0 unspecified atom stereocenters. The molecule has 0 bridgehead atoms. The predicted octanol–water partition coefficient (Wildman–Crippen LogP) is 3.92. The molecule has 3 rings (SSSR count). The van der Waals surface area contributed by atoms with Crippen LogP contribution in [0.3, 0.4) is 0 Å². The van der Waals surface area contributed by atoms with Gasteiger partial charge in [0.2, 0.25) is 0 Å². The standard InChI is InChI=1S/C12H11ClN4S2/c1-8(17-6-9(13)5-15-17)4-11-16-10(7-19-11)12-14-2-3-18-12/h2-3,5-8H,4H2,1H3/t8-/m1/s1. The summed E-state index contributed by atoms with van der Waals surface area (Å²) in [5.41, 5.74) is 0.959. The van der Waals surface area contributed by atoms with Crippen molar-refractivity contribution in [1.82, 2.24) is 19.7 Å². The van der Waals surface area contributed by atoms with E-state index in [-0.39, 0.29) is 6.04 Å². The van der Waals surface area contributed by atoms with Crippen molar-refractivity contribution in [3.63, 3.8) is 0 Å². The molecule has 0 aliphatic carbocycles. The summed E-state index contributed by atoms with van der Waals surface area (Å²) in [4.78, 5) is 8.89. The third-order valence-electron chi connectivity index (χ3n) is 2.69. The molecule has 98 valence electrons. The third kappa shape index (κ3) is 2.86. The highest BCUT2D eigenvalue weighted by Crippen LogP contribution is 2.25. The Kier molecular flexibility index (Phi) is 3.63. The summed E-state index contributed by atoms with van der Waals surface area (Å²) in [6, 6.07) is 0.239. The van der Waals surface area contributed by atoms with Gasteiger partial charge in [-0.3, -0.25) is 4.68 Å². The van der Waals surface area contributed by atoms with Crippen LogP contribution in [0.4, 0.5) is 0 Å². The van der Waals surface area contributed by atoms with Gasteiger partial charge in [-0.2, -0.15) is 5.10 Å². The Morgan fingerprint density at radius 1 is 1.42 bits per heavy atom. The average Bonchev–Trinajstić information content (AvgIpc) is 3.07. The quantitative estimate of drug-likeness (QED) is 0.733. The van der Waals surface area contributed by atoms with Crippen molar-refractivity contribution < 1.29 is 0 Å². The largest absolute Gasteiger partial charge is 0.268 e. The van der Waals surface area contributed by atoms with E-state index in [0.717, 1.165) is 22.1 Å². The number of hydrogen-bond acceptors (Lipinski definition) is 5. The van der Waals surface area contributed by atoms with Crippen LogP contribution in [-0.2, 0) is 6.42 Å². The maximum absolute atomic E-state index is 5.88. The molecule has 7 heteroatoms. The fourth-order valence-corrected chi connectivity index (χ4v) is 3.47. The van der Waals surface area contributed by atoms with Crippen molar-refractivity contribution in [3.05, 3.63) is 39.4 Å². The van der Waals surface area contributed by atoms with E-state index >= 15 is 0 Å². The average molecular weight is 311 g/mol. The number of halogens is 1. The Bertz CT molecular complexity index is 659. The number of hydrogen-bond donors (Lipinski definition) is 0. The van der Waals surface area contributed by atoms with E-state index < -0.39 is 0 Å². The molecule has 0 spiro atoms. The van der Waals surface area contributed by atoms with Crippen LogP contribution in [-0.4, -0.2) is 19.7 Å². The van der Waals surface area contributed by atoms with Crippen molar-refractivity contribution in [2.45, 2.75) is 19.4 Å². The van der Waals surface area contributed by atoms with Crippen LogP contribution in [0.25, 0.3) is 10.7 Å². The molecule has 0 saturated heterocycles. The summed E-state index contributed by atoms with van der Waals surface area (Å²) in [7, 11) is 0. The molecular weight excluding hydrogens is 300 g/mol. The highest BCUT2D eigenvalue weighted by molar-refractivity contribution is 7.14. The van der Waals surface area contributed by atoms with Crippen molar-refractivity contribution in [2.24, 2.45) is 0 Å². The second-order valence-electron chi connectivity index (χ2n) is 4.16. The smallest absolute Gasteiger partial charge is 0.142 e. The summed E-state index contributed by atoms with van der Waals surface area (Å²) >= 11 is 9.14. The zero-order valence-corrected chi connectivity index (χ0v) is 12.5. The fourth-order valence-electron chi connectivity index (χ4n) is 1.75. The lowest BCUT2D eigenvalue weighted by Crippen LogP contribution is -2.08. The lowest BCUT2D eigenvalue weighted by molar-refractivity contribution is 0.488.